The smallest absolute Gasteiger partial charge is 0.352 e. The van der Waals surface area contributed by atoms with Crippen LogP contribution in [0.2, 0.25) is 0 Å². The number of rotatable bonds is 6. The maximum atomic E-state index is 12.8. The summed E-state index contributed by atoms with van der Waals surface area (Å²) in [5.41, 5.74) is -0.115. The molecule has 0 aromatic heterocycles. The van der Waals surface area contributed by atoms with Crippen LogP contribution in [-0.4, -0.2) is 11.7 Å². The van der Waals surface area contributed by atoms with Crippen molar-refractivity contribution in [2.24, 2.45) is 0 Å². The van der Waals surface area contributed by atoms with Crippen molar-refractivity contribution in [3.8, 4) is 0 Å². The summed E-state index contributed by atoms with van der Waals surface area (Å²) >= 11 is 1.43. The summed E-state index contributed by atoms with van der Waals surface area (Å²) in [5, 5.41) is 2.66. The molecule has 2 nitrogen and oxygen atoms in total. The first-order valence-electron chi connectivity index (χ1n) is 7.16. The highest BCUT2D eigenvalue weighted by Crippen LogP contribution is 2.29. The van der Waals surface area contributed by atoms with Crippen molar-refractivity contribution in [3.05, 3.63) is 65.5 Å². The molecule has 0 saturated carbocycles. The van der Waals surface area contributed by atoms with E-state index in [2.05, 4.69) is 5.32 Å². The summed E-state index contributed by atoms with van der Waals surface area (Å²) in [4.78, 5) is 12.6. The van der Waals surface area contributed by atoms with Gasteiger partial charge in [0, 0.05) is 23.6 Å². The second-order valence-electron chi connectivity index (χ2n) is 5.02. The molecular weight excluding hydrogens is 342 g/mol. The summed E-state index contributed by atoms with van der Waals surface area (Å²) in [6.45, 7) is 0.179. The molecule has 24 heavy (non-hydrogen) atoms. The lowest BCUT2D eigenvalue weighted by molar-refractivity contribution is -0.137. The predicted octanol–water partition coefficient (Wildman–Crippen LogP) is 4.64. The van der Waals surface area contributed by atoms with Crippen LogP contribution in [0, 0.1) is 5.82 Å². The number of hydrogen-bond donors (Lipinski definition) is 1. The normalized spacial score (nSPS) is 11.3. The fourth-order valence-electron chi connectivity index (χ4n) is 1.89. The van der Waals surface area contributed by atoms with Crippen molar-refractivity contribution >= 4 is 17.7 Å². The average Bonchev–Trinajstić information content (AvgIpc) is 2.54. The molecule has 0 heterocycles. The summed E-state index contributed by atoms with van der Waals surface area (Å²) in [6, 6.07) is 10.7. The molecule has 0 unspecified atom stereocenters. The van der Waals surface area contributed by atoms with E-state index >= 15 is 0 Å². The third-order valence-electron chi connectivity index (χ3n) is 3.18. The topological polar surface area (TPSA) is 29.1 Å². The van der Waals surface area contributed by atoms with Gasteiger partial charge in [-0.3, -0.25) is 4.79 Å². The molecule has 1 N–H and O–H groups in total. The summed E-state index contributed by atoms with van der Waals surface area (Å²) < 4.78 is 50.1. The summed E-state index contributed by atoms with van der Waals surface area (Å²) in [5.74, 6) is 0.0305. The van der Waals surface area contributed by atoms with Crippen LogP contribution in [0.3, 0.4) is 0 Å². The van der Waals surface area contributed by atoms with Gasteiger partial charge >= 0.3 is 6.18 Å². The molecule has 2 rings (SSSR count). The third kappa shape index (κ3) is 5.88. The van der Waals surface area contributed by atoms with Gasteiger partial charge in [-0.15, -0.1) is 11.8 Å². The molecule has 0 aliphatic carbocycles. The Balaban J connectivity index is 1.72. The predicted molar refractivity (Wildman–Crippen MR) is 85.0 cm³/mol. The van der Waals surface area contributed by atoms with Crippen LogP contribution in [0.5, 0.6) is 0 Å². The van der Waals surface area contributed by atoms with E-state index in [1.807, 2.05) is 0 Å². The molecule has 0 atom stereocenters. The average molecular weight is 357 g/mol. The highest BCUT2D eigenvalue weighted by Gasteiger charge is 2.29. The Morgan fingerprint density at radius 3 is 2.21 bits per heavy atom. The van der Waals surface area contributed by atoms with Crippen molar-refractivity contribution in [2.75, 3.05) is 5.75 Å². The van der Waals surface area contributed by atoms with Crippen molar-refractivity contribution in [2.45, 2.75) is 24.0 Å². The Morgan fingerprint density at radius 1 is 1.00 bits per heavy atom. The van der Waals surface area contributed by atoms with Gasteiger partial charge < -0.3 is 5.32 Å². The number of nitrogens with one attached hydrogen (secondary N) is 1. The third-order valence-corrected chi connectivity index (χ3v) is 4.20. The van der Waals surface area contributed by atoms with Crippen molar-refractivity contribution in [1.82, 2.24) is 5.32 Å². The van der Waals surface area contributed by atoms with Gasteiger partial charge in [-0.25, -0.2) is 4.39 Å². The number of benzene rings is 2. The van der Waals surface area contributed by atoms with E-state index in [9.17, 15) is 22.4 Å². The summed E-state index contributed by atoms with van der Waals surface area (Å²) in [7, 11) is 0. The number of carbonyl (C=O) groups excluding carboxylic acids is 1. The van der Waals surface area contributed by atoms with Crippen LogP contribution in [0.25, 0.3) is 0 Å². The van der Waals surface area contributed by atoms with Crippen LogP contribution < -0.4 is 5.32 Å². The molecule has 0 spiro atoms. The minimum Gasteiger partial charge on any atom is -0.352 e. The van der Waals surface area contributed by atoms with Gasteiger partial charge in [-0.05, 0) is 42.0 Å². The Kier molecular flexibility index (Phi) is 6.25. The molecule has 0 aliphatic rings. The first-order chi connectivity index (χ1) is 11.3. The Hall–Kier alpha value is -2.02. The molecule has 0 aliphatic heterocycles. The maximum Gasteiger partial charge on any atom is 0.416 e. The van der Waals surface area contributed by atoms with E-state index in [0.29, 0.717) is 11.3 Å². The van der Waals surface area contributed by atoms with Gasteiger partial charge in [0.05, 0.1) is 5.56 Å². The van der Waals surface area contributed by atoms with Gasteiger partial charge in [0.2, 0.25) is 5.91 Å². The van der Waals surface area contributed by atoms with Crippen molar-refractivity contribution in [3.63, 3.8) is 0 Å². The molecule has 0 fully saturated rings. The molecule has 2 aromatic carbocycles. The summed E-state index contributed by atoms with van der Waals surface area (Å²) in [6.07, 6.45) is -4.10. The van der Waals surface area contributed by atoms with E-state index in [0.717, 1.165) is 17.0 Å². The van der Waals surface area contributed by atoms with Crippen LogP contribution in [0.15, 0.2) is 53.4 Å². The highest BCUT2D eigenvalue weighted by molar-refractivity contribution is 7.99. The van der Waals surface area contributed by atoms with E-state index in [4.69, 9.17) is 0 Å². The van der Waals surface area contributed by atoms with Crippen LogP contribution >= 0.6 is 11.8 Å². The van der Waals surface area contributed by atoms with Crippen molar-refractivity contribution in [1.29, 1.82) is 0 Å². The maximum absolute atomic E-state index is 12.8. The molecule has 1 amide bonds. The van der Waals surface area contributed by atoms with Gasteiger partial charge in [-0.1, -0.05) is 12.1 Å². The number of alkyl halides is 3. The Bertz CT molecular complexity index is 668. The fraction of sp³-hybridized carbons (Fsp3) is 0.235. The van der Waals surface area contributed by atoms with E-state index in [1.165, 1.54) is 36.0 Å². The number of amides is 1. The zero-order valence-electron chi connectivity index (χ0n) is 12.6. The van der Waals surface area contributed by atoms with E-state index < -0.39 is 11.7 Å². The largest absolute Gasteiger partial charge is 0.416 e. The molecule has 0 radical (unpaired) electrons. The zero-order chi connectivity index (χ0) is 17.6. The van der Waals surface area contributed by atoms with Gasteiger partial charge in [0.25, 0.3) is 0 Å². The number of carbonyl (C=O) groups is 1. The van der Waals surface area contributed by atoms with E-state index in [-0.39, 0.29) is 24.7 Å². The zero-order valence-corrected chi connectivity index (χ0v) is 13.4. The molecule has 0 saturated heterocycles. The molecule has 128 valence electrons. The molecule has 7 heteroatoms. The lowest BCUT2D eigenvalue weighted by Crippen LogP contribution is -2.23. The van der Waals surface area contributed by atoms with Crippen LogP contribution in [0.4, 0.5) is 17.6 Å². The first-order valence-corrected chi connectivity index (χ1v) is 8.14. The Labute approximate surface area is 141 Å². The molecule has 0 bridgehead atoms. The minimum absolute atomic E-state index is 0.179. The number of thioether (sulfide) groups is 1. The minimum atomic E-state index is -4.36. The van der Waals surface area contributed by atoms with Crippen LogP contribution in [-0.2, 0) is 17.5 Å². The van der Waals surface area contributed by atoms with Gasteiger partial charge in [0.15, 0.2) is 0 Å². The van der Waals surface area contributed by atoms with Gasteiger partial charge in [0.1, 0.15) is 5.82 Å². The fourth-order valence-corrected chi connectivity index (χ4v) is 2.74. The first kappa shape index (κ1) is 18.3. The molecule has 2 aromatic rings. The monoisotopic (exact) mass is 357 g/mol. The van der Waals surface area contributed by atoms with Crippen LogP contribution in [0.1, 0.15) is 17.5 Å². The lowest BCUT2D eigenvalue weighted by Gasteiger charge is -2.08. The SMILES string of the molecule is O=C(CCSc1ccc(F)cc1)NCc1ccc(C(F)(F)F)cc1. The lowest BCUT2D eigenvalue weighted by atomic mass is 10.1. The standard InChI is InChI=1S/C17H15F4NOS/c18-14-5-7-15(8-6-14)24-10-9-16(23)22-11-12-1-3-13(4-2-12)17(19,20)21/h1-8H,9-11H2,(H,22,23). The number of halogens is 4. The van der Waals surface area contributed by atoms with E-state index in [1.54, 1.807) is 12.1 Å². The quantitative estimate of drug-likeness (QED) is 0.603. The highest BCUT2D eigenvalue weighted by atomic mass is 32.2. The Morgan fingerprint density at radius 2 is 1.62 bits per heavy atom. The second kappa shape index (κ2) is 8.19. The number of hydrogen-bond acceptors (Lipinski definition) is 2. The second-order valence-corrected chi connectivity index (χ2v) is 6.19. The van der Waals surface area contributed by atoms with Gasteiger partial charge in [-0.2, -0.15) is 13.2 Å². The van der Waals surface area contributed by atoms with Crippen molar-refractivity contribution < 1.29 is 22.4 Å². The molecular formula is C17H15F4NOS.